The van der Waals surface area contributed by atoms with Gasteiger partial charge < -0.3 is 14.2 Å². The number of carbonyl (C=O) groups is 1. The van der Waals surface area contributed by atoms with Gasteiger partial charge in [0.2, 0.25) is 0 Å². The average molecular weight is 378 g/mol. The van der Waals surface area contributed by atoms with Gasteiger partial charge in [0.25, 0.3) is 5.19 Å². The maximum atomic E-state index is 11.6. The molecule has 0 bridgehead atoms. The van der Waals surface area contributed by atoms with Crippen LogP contribution in [0.15, 0.2) is 42.5 Å². The third kappa shape index (κ3) is 4.41. The van der Waals surface area contributed by atoms with Crippen molar-refractivity contribution in [1.82, 2.24) is 4.98 Å². The van der Waals surface area contributed by atoms with E-state index >= 15 is 0 Å². The van der Waals surface area contributed by atoms with Crippen molar-refractivity contribution in [2.75, 3.05) is 6.61 Å². The highest BCUT2D eigenvalue weighted by molar-refractivity contribution is 7.20. The van der Waals surface area contributed by atoms with Gasteiger partial charge in [-0.05, 0) is 56.3 Å². The summed E-state index contributed by atoms with van der Waals surface area (Å²) >= 11 is 7.40. The van der Waals surface area contributed by atoms with E-state index < -0.39 is 12.1 Å². The smallest absolute Gasteiger partial charge is 0.347 e. The molecular weight excluding hydrogens is 362 g/mol. The summed E-state index contributed by atoms with van der Waals surface area (Å²) < 4.78 is 17.2. The van der Waals surface area contributed by atoms with Gasteiger partial charge in [-0.15, -0.1) is 0 Å². The van der Waals surface area contributed by atoms with Crippen LogP contribution in [0.25, 0.3) is 10.2 Å². The van der Waals surface area contributed by atoms with Crippen LogP contribution >= 0.6 is 22.9 Å². The molecule has 0 fully saturated rings. The molecule has 0 unspecified atom stereocenters. The molecule has 1 aromatic heterocycles. The molecule has 0 aliphatic rings. The van der Waals surface area contributed by atoms with E-state index in [1.54, 1.807) is 44.2 Å². The second-order valence-corrected chi connectivity index (χ2v) is 6.61. The molecule has 0 amide bonds. The molecular formula is C18H16ClNO4S. The molecule has 0 aliphatic heterocycles. The fourth-order valence-electron chi connectivity index (χ4n) is 2.12. The first-order valence-electron chi connectivity index (χ1n) is 7.72. The Bertz CT molecular complexity index is 878. The molecule has 0 aliphatic carbocycles. The molecule has 7 heteroatoms. The Hall–Kier alpha value is -2.31. The highest BCUT2D eigenvalue weighted by Gasteiger charge is 2.15. The van der Waals surface area contributed by atoms with E-state index in [1.807, 2.05) is 12.1 Å². The van der Waals surface area contributed by atoms with Crippen molar-refractivity contribution < 1.29 is 19.0 Å². The second kappa shape index (κ2) is 7.72. The fraction of sp³-hybridized carbons (Fsp3) is 0.222. The van der Waals surface area contributed by atoms with Crippen molar-refractivity contribution in [2.45, 2.75) is 20.0 Å². The number of nitrogens with zero attached hydrogens (tertiary/aromatic N) is 1. The van der Waals surface area contributed by atoms with E-state index in [0.29, 0.717) is 28.3 Å². The molecule has 2 aromatic carbocycles. The molecule has 130 valence electrons. The number of aromatic nitrogens is 1. The van der Waals surface area contributed by atoms with E-state index in [4.69, 9.17) is 25.8 Å². The summed E-state index contributed by atoms with van der Waals surface area (Å²) in [6, 6.07) is 12.5. The van der Waals surface area contributed by atoms with Gasteiger partial charge in [-0.25, -0.2) is 9.78 Å². The SMILES string of the molecule is CCOC(=O)[C@H](C)Oc1ccc(Oc2nc3ccc(Cl)cc3s2)cc1. The Balaban J connectivity index is 1.66. The monoisotopic (exact) mass is 377 g/mol. The lowest BCUT2D eigenvalue weighted by atomic mass is 10.3. The summed E-state index contributed by atoms with van der Waals surface area (Å²) in [7, 11) is 0. The first-order chi connectivity index (χ1) is 12.0. The number of rotatable bonds is 6. The largest absolute Gasteiger partial charge is 0.479 e. The van der Waals surface area contributed by atoms with Gasteiger partial charge >= 0.3 is 5.97 Å². The number of halogens is 1. The molecule has 0 spiro atoms. The minimum Gasteiger partial charge on any atom is -0.479 e. The van der Waals surface area contributed by atoms with E-state index in [9.17, 15) is 4.79 Å². The molecule has 0 saturated heterocycles. The number of benzene rings is 2. The van der Waals surface area contributed by atoms with Crippen molar-refractivity contribution in [3.05, 3.63) is 47.5 Å². The Morgan fingerprint density at radius 3 is 2.64 bits per heavy atom. The Labute approximate surface area is 154 Å². The Kier molecular flexibility index (Phi) is 5.40. The number of hydrogen-bond acceptors (Lipinski definition) is 6. The van der Waals surface area contributed by atoms with Gasteiger partial charge in [-0.3, -0.25) is 0 Å². The van der Waals surface area contributed by atoms with Gasteiger partial charge in [0.15, 0.2) is 6.10 Å². The predicted octanol–water partition coefficient (Wildman–Crippen LogP) is 5.07. The standard InChI is InChI=1S/C18H16ClNO4S/c1-3-22-17(21)11(2)23-13-5-7-14(8-6-13)24-18-20-15-9-4-12(19)10-16(15)25-18/h4-11H,3H2,1-2H3/t11-/m0/s1. The zero-order chi connectivity index (χ0) is 17.8. The van der Waals surface area contributed by atoms with Gasteiger partial charge in [-0.2, -0.15) is 0 Å². The first-order valence-corrected chi connectivity index (χ1v) is 8.92. The third-order valence-corrected chi connectivity index (χ3v) is 4.42. The van der Waals surface area contributed by atoms with Gasteiger partial charge in [0, 0.05) is 5.02 Å². The lowest BCUT2D eigenvalue weighted by molar-refractivity contribution is -0.150. The fourth-order valence-corrected chi connectivity index (χ4v) is 3.23. The number of hydrogen-bond donors (Lipinski definition) is 0. The van der Waals surface area contributed by atoms with E-state index in [1.165, 1.54) is 11.3 Å². The summed E-state index contributed by atoms with van der Waals surface area (Å²) in [4.78, 5) is 16.0. The lowest BCUT2D eigenvalue weighted by Gasteiger charge is -2.13. The number of fused-ring (bicyclic) bond motifs is 1. The second-order valence-electron chi connectivity index (χ2n) is 5.18. The molecule has 1 atom stereocenters. The number of esters is 1. The van der Waals surface area contributed by atoms with Crippen LogP contribution in [-0.2, 0) is 9.53 Å². The molecule has 25 heavy (non-hydrogen) atoms. The number of carbonyl (C=O) groups excluding carboxylic acids is 1. The van der Waals surface area contributed by atoms with Crippen molar-refractivity contribution in [2.24, 2.45) is 0 Å². The van der Waals surface area contributed by atoms with Crippen molar-refractivity contribution >= 4 is 39.1 Å². The summed E-state index contributed by atoms with van der Waals surface area (Å²) in [6.45, 7) is 3.73. The van der Waals surface area contributed by atoms with E-state index in [0.717, 1.165) is 10.2 Å². The summed E-state index contributed by atoms with van der Waals surface area (Å²) in [6.07, 6.45) is -0.666. The number of thiazole rings is 1. The summed E-state index contributed by atoms with van der Waals surface area (Å²) in [5.74, 6) is 0.793. The van der Waals surface area contributed by atoms with Crippen LogP contribution in [-0.4, -0.2) is 23.7 Å². The van der Waals surface area contributed by atoms with E-state index in [2.05, 4.69) is 4.98 Å². The quantitative estimate of drug-likeness (QED) is 0.561. The number of ether oxygens (including phenoxy) is 3. The molecule has 3 rings (SSSR count). The third-order valence-electron chi connectivity index (χ3n) is 3.29. The summed E-state index contributed by atoms with van der Waals surface area (Å²) in [5, 5.41) is 1.20. The van der Waals surface area contributed by atoms with Crippen LogP contribution in [0, 0.1) is 0 Å². The zero-order valence-corrected chi connectivity index (χ0v) is 15.3. The van der Waals surface area contributed by atoms with Crippen LogP contribution in [0.4, 0.5) is 0 Å². The van der Waals surface area contributed by atoms with Crippen molar-refractivity contribution in [3.63, 3.8) is 0 Å². The van der Waals surface area contributed by atoms with Crippen molar-refractivity contribution in [1.29, 1.82) is 0 Å². The first kappa shape index (κ1) is 17.5. The molecule has 0 N–H and O–H groups in total. The molecule has 5 nitrogen and oxygen atoms in total. The Morgan fingerprint density at radius 2 is 1.92 bits per heavy atom. The maximum Gasteiger partial charge on any atom is 0.347 e. The van der Waals surface area contributed by atoms with Crippen LogP contribution in [0.5, 0.6) is 16.7 Å². The van der Waals surface area contributed by atoms with E-state index in [-0.39, 0.29) is 0 Å². The highest BCUT2D eigenvalue weighted by atomic mass is 35.5. The lowest BCUT2D eigenvalue weighted by Crippen LogP contribution is -2.25. The van der Waals surface area contributed by atoms with Crippen LogP contribution in [0.3, 0.4) is 0 Å². The van der Waals surface area contributed by atoms with Crippen LogP contribution in [0.2, 0.25) is 5.02 Å². The highest BCUT2D eigenvalue weighted by Crippen LogP contribution is 2.33. The average Bonchev–Trinajstić information content (AvgIpc) is 2.98. The van der Waals surface area contributed by atoms with Gasteiger partial charge in [-0.1, -0.05) is 22.9 Å². The minimum absolute atomic E-state index is 0.326. The van der Waals surface area contributed by atoms with Gasteiger partial charge in [0.05, 0.1) is 16.8 Å². The van der Waals surface area contributed by atoms with Crippen molar-refractivity contribution in [3.8, 4) is 16.7 Å². The molecule has 0 saturated carbocycles. The minimum atomic E-state index is -0.666. The summed E-state index contributed by atoms with van der Waals surface area (Å²) in [5.41, 5.74) is 0.840. The zero-order valence-electron chi connectivity index (χ0n) is 13.7. The van der Waals surface area contributed by atoms with Crippen LogP contribution in [0.1, 0.15) is 13.8 Å². The Morgan fingerprint density at radius 1 is 1.20 bits per heavy atom. The van der Waals surface area contributed by atoms with Gasteiger partial charge in [0.1, 0.15) is 11.5 Å². The topological polar surface area (TPSA) is 57.7 Å². The maximum absolute atomic E-state index is 11.6. The molecule has 3 aromatic rings. The normalized spacial score (nSPS) is 12.0. The van der Waals surface area contributed by atoms with Crippen LogP contribution < -0.4 is 9.47 Å². The molecule has 0 radical (unpaired) electrons. The predicted molar refractivity (Wildman–Crippen MR) is 97.9 cm³/mol. The molecule has 1 heterocycles.